The van der Waals surface area contributed by atoms with Gasteiger partial charge in [-0.3, -0.25) is 9.59 Å². The first kappa shape index (κ1) is 14.4. The summed E-state index contributed by atoms with van der Waals surface area (Å²) in [6.45, 7) is 0. The lowest BCUT2D eigenvalue weighted by atomic mass is 10.2. The molecule has 0 unspecified atom stereocenters. The van der Waals surface area contributed by atoms with Gasteiger partial charge < -0.3 is 10.3 Å². The Morgan fingerprint density at radius 2 is 1.91 bits per heavy atom. The number of rotatable bonds is 4. The van der Waals surface area contributed by atoms with Crippen molar-refractivity contribution in [1.82, 2.24) is 4.57 Å². The Bertz CT molecular complexity index is 869. The Balaban J connectivity index is 2.26. The summed E-state index contributed by atoms with van der Waals surface area (Å²) < 4.78 is 1.78. The third-order valence-electron chi connectivity index (χ3n) is 3.51. The number of carbonyl (C=O) groups is 2. The molecule has 0 aliphatic heterocycles. The number of amides is 1. The molecule has 0 bridgehead atoms. The van der Waals surface area contributed by atoms with Crippen LogP contribution in [0.3, 0.4) is 0 Å². The van der Waals surface area contributed by atoms with Crippen molar-refractivity contribution >= 4 is 34.9 Å². The van der Waals surface area contributed by atoms with E-state index in [2.05, 4.69) is 0 Å². The van der Waals surface area contributed by atoms with Gasteiger partial charge in [0.15, 0.2) is 0 Å². The number of nitrogens with two attached hydrogens (primary N) is 1. The van der Waals surface area contributed by atoms with Gasteiger partial charge in [-0.15, -0.1) is 0 Å². The zero-order chi connectivity index (χ0) is 15.7. The predicted molar refractivity (Wildman–Crippen MR) is 87.4 cm³/mol. The Labute approximate surface area is 131 Å². The minimum atomic E-state index is -0.482. The van der Waals surface area contributed by atoms with Crippen molar-refractivity contribution in [1.29, 1.82) is 0 Å². The third-order valence-corrected chi connectivity index (χ3v) is 4.63. The molecule has 22 heavy (non-hydrogen) atoms. The zero-order valence-corrected chi connectivity index (χ0v) is 12.8. The fraction of sp³-hybridized carbons (Fsp3) is 0.0588. The van der Waals surface area contributed by atoms with Gasteiger partial charge in [-0.2, -0.15) is 0 Å². The van der Waals surface area contributed by atoms with Gasteiger partial charge in [0, 0.05) is 28.4 Å². The van der Waals surface area contributed by atoms with Gasteiger partial charge in [-0.05, 0) is 30.3 Å². The Morgan fingerprint density at radius 3 is 2.55 bits per heavy atom. The fourth-order valence-electron chi connectivity index (χ4n) is 2.49. The minimum absolute atomic E-state index is 0.451. The van der Waals surface area contributed by atoms with Gasteiger partial charge in [0.1, 0.15) is 12.0 Å². The molecule has 110 valence electrons. The van der Waals surface area contributed by atoms with E-state index in [4.69, 9.17) is 5.73 Å². The highest BCUT2D eigenvalue weighted by atomic mass is 32.2. The molecule has 0 aliphatic rings. The standard InChI is InChI=1S/C17H14N2O2S/c1-19-14-8-7-11(10-20)9-13(14)16(15(19)17(18)21)22-12-5-3-2-4-6-12/h2-10H,1H3,(H2,18,21). The molecule has 1 amide bonds. The fourth-order valence-corrected chi connectivity index (χ4v) is 3.63. The van der Waals surface area contributed by atoms with Crippen molar-refractivity contribution in [2.75, 3.05) is 0 Å². The summed E-state index contributed by atoms with van der Waals surface area (Å²) in [7, 11) is 1.80. The maximum atomic E-state index is 11.9. The number of benzene rings is 2. The van der Waals surface area contributed by atoms with Crippen LogP contribution in [-0.2, 0) is 7.05 Å². The summed E-state index contributed by atoms with van der Waals surface area (Å²) in [5.74, 6) is -0.482. The van der Waals surface area contributed by atoms with Crippen molar-refractivity contribution in [2.45, 2.75) is 9.79 Å². The van der Waals surface area contributed by atoms with Crippen LogP contribution in [0, 0.1) is 0 Å². The van der Waals surface area contributed by atoms with Gasteiger partial charge in [0.25, 0.3) is 5.91 Å². The smallest absolute Gasteiger partial charge is 0.266 e. The highest BCUT2D eigenvalue weighted by molar-refractivity contribution is 7.99. The van der Waals surface area contributed by atoms with E-state index in [-0.39, 0.29) is 0 Å². The van der Waals surface area contributed by atoms with E-state index in [0.29, 0.717) is 11.3 Å². The van der Waals surface area contributed by atoms with Gasteiger partial charge in [-0.1, -0.05) is 30.0 Å². The number of primary amides is 1. The summed E-state index contributed by atoms with van der Waals surface area (Å²) in [6.07, 6.45) is 0.799. The molecule has 1 heterocycles. The maximum Gasteiger partial charge on any atom is 0.266 e. The molecular weight excluding hydrogens is 296 g/mol. The second-order valence-corrected chi connectivity index (χ2v) is 5.99. The quantitative estimate of drug-likeness (QED) is 0.752. The van der Waals surface area contributed by atoms with Crippen LogP contribution in [-0.4, -0.2) is 16.8 Å². The summed E-state index contributed by atoms with van der Waals surface area (Å²) in [4.78, 5) is 24.7. The van der Waals surface area contributed by atoms with Crippen molar-refractivity contribution < 1.29 is 9.59 Å². The molecule has 3 aromatic rings. The summed E-state index contributed by atoms with van der Waals surface area (Å²) in [5.41, 5.74) is 7.46. The molecule has 0 saturated heterocycles. The number of aromatic nitrogens is 1. The van der Waals surface area contributed by atoms with Crippen LogP contribution in [0.5, 0.6) is 0 Å². The molecule has 5 heteroatoms. The molecule has 0 fully saturated rings. The van der Waals surface area contributed by atoms with Crippen LogP contribution in [0.15, 0.2) is 58.3 Å². The normalized spacial score (nSPS) is 10.8. The first-order valence-electron chi connectivity index (χ1n) is 6.72. The SMILES string of the molecule is Cn1c(C(N)=O)c(Sc2ccccc2)c2cc(C=O)ccc21. The maximum absolute atomic E-state index is 11.9. The number of hydrogen-bond donors (Lipinski definition) is 1. The largest absolute Gasteiger partial charge is 0.364 e. The van der Waals surface area contributed by atoms with Crippen LogP contribution in [0.4, 0.5) is 0 Å². The van der Waals surface area contributed by atoms with E-state index in [1.165, 1.54) is 11.8 Å². The molecule has 0 saturated carbocycles. The van der Waals surface area contributed by atoms with E-state index in [1.54, 1.807) is 23.7 Å². The molecule has 0 radical (unpaired) electrons. The van der Waals surface area contributed by atoms with Crippen molar-refractivity contribution in [3.63, 3.8) is 0 Å². The number of aldehydes is 1. The Hall–Kier alpha value is -2.53. The van der Waals surface area contributed by atoms with E-state index >= 15 is 0 Å². The first-order valence-corrected chi connectivity index (χ1v) is 7.54. The minimum Gasteiger partial charge on any atom is -0.364 e. The second kappa shape index (κ2) is 5.69. The number of fused-ring (bicyclic) bond motifs is 1. The number of carbonyl (C=O) groups excluding carboxylic acids is 2. The van der Waals surface area contributed by atoms with Crippen LogP contribution < -0.4 is 5.73 Å². The van der Waals surface area contributed by atoms with Crippen molar-refractivity contribution in [2.24, 2.45) is 12.8 Å². The highest BCUT2D eigenvalue weighted by Crippen LogP contribution is 2.38. The van der Waals surface area contributed by atoms with Gasteiger partial charge >= 0.3 is 0 Å². The van der Waals surface area contributed by atoms with Crippen LogP contribution >= 0.6 is 11.8 Å². The Morgan fingerprint density at radius 1 is 1.18 bits per heavy atom. The Kier molecular flexibility index (Phi) is 3.73. The number of aryl methyl sites for hydroxylation is 1. The van der Waals surface area contributed by atoms with E-state index in [9.17, 15) is 9.59 Å². The lowest BCUT2D eigenvalue weighted by Crippen LogP contribution is -2.16. The van der Waals surface area contributed by atoms with Crippen LogP contribution in [0.2, 0.25) is 0 Å². The third kappa shape index (κ3) is 2.40. The van der Waals surface area contributed by atoms with Crippen molar-refractivity contribution in [3.8, 4) is 0 Å². The second-order valence-electron chi connectivity index (χ2n) is 4.91. The average molecular weight is 310 g/mol. The van der Waals surface area contributed by atoms with Gasteiger partial charge in [-0.25, -0.2) is 0 Å². The highest BCUT2D eigenvalue weighted by Gasteiger charge is 2.20. The average Bonchev–Trinajstić information content (AvgIpc) is 2.80. The first-order chi connectivity index (χ1) is 10.6. The van der Waals surface area contributed by atoms with E-state index in [0.717, 1.165) is 27.0 Å². The molecule has 0 atom stereocenters. The molecule has 3 rings (SSSR count). The molecule has 0 aliphatic carbocycles. The molecular formula is C17H14N2O2S. The number of nitrogens with zero attached hydrogens (tertiary/aromatic N) is 1. The zero-order valence-electron chi connectivity index (χ0n) is 11.9. The number of hydrogen-bond acceptors (Lipinski definition) is 3. The van der Waals surface area contributed by atoms with Gasteiger partial charge in [0.2, 0.25) is 0 Å². The topological polar surface area (TPSA) is 65.1 Å². The summed E-state index contributed by atoms with van der Waals surface area (Å²) in [5, 5.41) is 0.856. The molecule has 2 N–H and O–H groups in total. The molecule has 4 nitrogen and oxygen atoms in total. The van der Waals surface area contributed by atoms with Crippen molar-refractivity contribution in [3.05, 3.63) is 59.8 Å². The van der Waals surface area contributed by atoms with Gasteiger partial charge in [0.05, 0.1) is 4.90 Å². The van der Waals surface area contributed by atoms with E-state index in [1.807, 2.05) is 36.4 Å². The lowest BCUT2D eigenvalue weighted by molar-refractivity contribution is 0.0989. The summed E-state index contributed by atoms with van der Waals surface area (Å²) in [6, 6.07) is 15.1. The molecule has 1 aromatic heterocycles. The summed E-state index contributed by atoms with van der Waals surface area (Å²) >= 11 is 1.47. The lowest BCUT2D eigenvalue weighted by Gasteiger charge is -2.04. The van der Waals surface area contributed by atoms with Crippen LogP contribution in [0.1, 0.15) is 20.8 Å². The predicted octanol–water partition coefficient (Wildman–Crippen LogP) is 3.24. The van der Waals surface area contributed by atoms with E-state index < -0.39 is 5.91 Å². The van der Waals surface area contributed by atoms with Crippen LogP contribution in [0.25, 0.3) is 10.9 Å². The molecule has 0 spiro atoms. The molecule has 2 aromatic carbocycles. The monoisotopic (exact) mass is 310 g/mol.